The van der Waals surface area contributed by atoms with Crippen LogP contribution >= 0.6 is 0 Å². The molecule has 0 radical (unpaired) electrons. The van der Waals surface area contributed by atoms with Gasteiger partial charge in [-0.1, -0.05) is 13.8 Å². The second-order valence-electron chi connectivity index (χ2n) is 5.97. The Labute approximate surface area is 116 Å². The third kappa shape index (κ3) is 3.51. The van der Waals surface area contributed by atoms with Crippen LogP contribution in [0.25, 0.3) is 0 Å². The first-order chi connectivity index (χ1) is 9.23. The number of rotatable bonds is 5. The summed E-state index contributed by atoms with van der Waals surface area (Å²) in [6, 6.07) is 2.68. The summed E-state index contributed by atoms with van der Waals surface area (Å²) in [6.07, 6.45) is -2.21. The van der Waals surface area contributed by atoms with Gasteiger partial charge in [-0.2, -0.15) is 13.2 Å². The molecule has 0 atom stereocenters. The molecule has 5 heteroatoms. The highest BCUT2D eigenvalue weighted by Gasteiger charge is 2.44. The van der Waals surface area contributed by atoms with Crippen molar-refractivity contribution in [3.8, 4) is 0 Å². The maximum atomic E-state index is 13.2. The third-order valence-corrected chi connectivity index (χ3v) is 4.21. The van der Waals surface area contributed by atoms with Crippen molar-refractivity contribution < 1.29 is 17.6 Å². The predicted molar refractivity (Wildman–Crippen MR) is 69.6 cm³/mol. The first-order valence-electron chi connectivity index (χ1n) is 6.80. The fourth-order valence-corrected chi connectivity index (χ4v) is 2.49. The maximum absolute atomic E-state index is 13.2. The zero-order chi connectivity index (χ0) is 15.0. The molecule has 112 valence electrons. The molecule has 0 unspecified atom stereocenters. The van der Waals surface area contributed by atoms with Crippen LogP contribution in [0.3, 0.4) is 0 Å². The molecular formula is C15H19F4N. The lowest BCUT2D eigenvalue weighted by atomic mass is 9.92. The molecular weight excluding hydrogens is 270 g/mol. The fraction of sp³-hybridized carbons (Fsp3) is 0.600. The normalized spacial score (nSPS) is 17.6. The Morgan fingerprint density at radius 1 is 1.20 bits per heavy atom. The SMILES string of the molecule is CC(C)C1(CNCc2cc(F)cc(C(F)(F)F)c2)CC1. The molecule has 1 N–H and O–H groups in total. The topological polar surface area (TPSA) is 12.0 Å². The van der Waals surface area contributed by atoms with E-state index in [4.69, 9.17) is 0 Å². The van der Waals surface area contributed by atoms with Gasteiger partial charge in [-0.15, -0.1) is 0 Å². The van der Waals surface area contributed by atoms with Crippen LogP contribution < -0.4 is 5.32 Å². The highest BCUT2D eigenvalue weighted by Crippen LogP contribution is 2.51. The summed E-state index contributed by atoms with van der Waals surface area (Å²) in [5.74, 6) is -0.296. The maximum Gasteiger partial charge on any atom is 0.416 e. The molecule has 0 bridgehead atoms. The molecule has 1 aromatic carbocycles. The van der Waals surface area contributed by atoms with E-state index < -0.39 is 17.6 Å². The minimum atomic E-state index is -4.51. The van der Waals surface area contributed by atoms with Gasteiger partial charge in [0, 0.05) is 13.1 Å². The number of nitrogens with one attached hydrogen (secondary N) is 1. The van der Waals surface area contributed by atoms with E-state index in [9.17, 15) is 17.6 Å². The van der Waals surface area contributed by atoms with E-state index in [1.807, 2.05) is 0 Å². The van der Waals surface area contributed by atoms with Crippen LogP contribution in [0.15, 0.2) is 18.2 Å². The van der Waals surface area contributed by atoms with Crippen molar-refractivity contribution in [2.24, 2.45) is 11.3 Å². The summed E-state index contributed by atoms with van der Waals surface area (Å²) in [5.41, 5.74) is -0.323. The molecule has 1 aromatic rings. The summed E-state index contributed by atoms with van der Waals surface area (Å²) in [4.78, 5) is 0. The van der Waals surface area contributed by atoms with Crippen LogP contribution in [0.5, 0.6) is 0 Å². The van der Waals surface area contributed by atoms with Gasteiger partial charge in [0.15, 0.2) is 0 Å². The monoisotopic (exact) mass is 289 g/mol. The smallest absolute Gasteiger partial charge is 0.312 e. The summed E-state index contributed by atoms with van der Waals surface area (Å²) in [6.45, 7) is 5.33. The van der Waals surface area contributed by atoms with Crippen molar-refractivity contribution in [3.05, 3.63) is 35.1 Å². The Bertz CT molecular complexity index is 475. The zero-order valence-electron chi connectivity index (χ0n) is 11.6. The van der Waals surface area contributed by atoms with Gasteiger partial charge in [-0.05, 0) is 47.9 Å². The molecule has 20 heavy (non-hydrogen) atoms. The van der Waals surface area contributed by atoms with E-state index in [0.717, 1.165) is 31.5 Å². The van der Waals surface area contributed by atoms with Crippen LogP contribution in [0.4, 0.5) is 17.6 Å². The molecule has 0 aliphatic heterocycles. The molecule has 0 heterocycles. The first kappa shape index (κ1) is 15.3. The standard InChI is InChI=1S/C15H19F4N/c1-10(2)14(3-4-14)9-20-8-11-5-12(15(17,18)19)7-13(16)6-11/h5-7,10,20H,3-4,8-9H2,1-2H3. The minimum absolute atomic E-state index is 0.259. The lowest BCUT2D eigenvalue weighted by Crippen LogP contribution is -2.27. The van der Waals surface area contributed by atoms with E-state index in [-0.39, 0.29) is 12.0 Å². The van der Waals surface area contributed by atoms with Crippen molar-refractivity contribution in [2.45, 2.75) is 39.4 Å². The van der Waals surface area contributed by atoms with Crippen molar-refractivity contribution in [1.29, 1.82) is 0 Å². The van der Waals surface area contributed by atoms with Gasteiger partial charge in [0.25, 0.3) is 0 Å². The highest BCUT2D eigenvalue weighted by molar-refractivity contribution is 5.26. The van der Waals surface area contributed by atoms with Gasteiger partial charge in [-0.3, -0.25) is 0 Å². The molecule has 0 aromatic heterocycles. The largest absolute Gasteiger partial charge is 0.416 e. The molecule has 0 saturated heterocycles. The number of halogens is 4. The second kappa shape index (κ2) is 5.35. The van der Waals surface area contributed by atoms with Crippen LogP contribution in [-0.2, 0) is 12.7 Å². The lowest BCUT2D eigenvalue weighted by molar-refractivity contribution is -0.137. The van der Waals surface area contributed by atoms with Gasteiger partial charge in [0.2, 0.25) is 0 Å². The Morgan fingerprint density at radius 2 is 1.85 bits per heavy atom. The molecule has 1 aliphatic carbocycles. The molecule has 1 nitrogen and oxygen atoms in total. The second-order valence-corrected chi connectivity index (χ2v) is 5.97. The predicted octanol–water partition coefficient (Wildman–Crippen LogP) is 4.37. The Kier molecular flexibility index (Phi) is 4.09. The molecule has 1 fully saturated rings. The van der Waals surface area contributed by atoms with E-state index in [1.165, 1.54) is 0 Å². The van der Waals surface area contributed by atoms with E-state index >= 15 is 0 Å². The van der Waals surface area contributed by atoms with E-state index in [2.05, 4.69) is 19.2 Å². The van der Waals surface area contributed by atoms with Gasteiger partial charge in [-0.25, -0.2) is 4.39 Å². The zero-order valence-corrected chi connectivity index (χ0v) is 11.6. The Hall–Kier alpha value is -1.10. The quantitative estimate of drug-likeness (QED) is 0.794. The van der Waals surface area contributed by atoms with Gasteiger partial charge in [0.05, 0.1) is 5.56 Å². The molecule has 0 amide bonds. The van der Waals surface area contributed by atoms with E-state index in [0.29, 0.717) is 17.5 Å². The van der Waals surface area contributed by atoms with Crippen LogP contribution in [0.1, 0.15) is 37.8 Å². The van der Waals surface area contributed by atoms with Crippen LogP contribution in [-0.4, -0.2) is 6.54 Å². The van der Waals surface area contributed by atoms with Crippen molar-refractivity contribution in [2.75, 3.05) is 6.54 Å². The third-order valence-electron chi connectivity index (χ3n) is 4.21. The first-order valence-corrected chi connectivity index (χ1v) is 6.80. The average molecular weight is 289 g/mol. The molecule has 1 saturated carbocycles. The van der Waals surface area contributed by atoms with Gasteiger partial charge < -0.3 is 5.32 Å². The molecule has 1 aliphatic rings. The van der Waals surface area contributed by atoms with Crippen molar-refractivity contribution >= 4 is 0 Å². The Balaban J connectivity index is 1.98. The number of hydrogen-bond acceptors (Lipinski definition) is 1. The molecule has 0 spiro atoms. The number of alkyl halides is 3. The summed E-state index contributed by atoms with van der Waals surface area (Å²) in [5, 5.41) is 3.16. The fourth-order valence-electron chi connectivity index (χ4n) is 2.49. The van der Waals surface area contributed by atoms with Gasteiger partial charge >= 0.3 is 6.18 Å². The number of hydrogen-bond donors (Lipinski definition) is 1. The summed E-state index contributed by atoms with van der Waals surface area (Å²) in [7, 11) is 0. The van der Waals surface area contributed by atoms with Gasteiger partial charge in [0.1, 0.15) is 5.82 Å². The highest BCUT2D eigenvalue weighted by atomic mass is 19.4. The minimum Gasteiger partial charge on any atom is -0.312 e. The van der Waals surface area contributed by atoms with Crippen LogP contribution in [0.2, 0.25) is 0 Å². The Morgan fingerprint density at radius 3 is 2.35 bits per heavy atom. The molecule has 2 rings (SSSR count). The number of benzene rings is 1. The van der Waals surface area contributed by atoms with Crippen LogP contribution in [0, 0.1) is 17.2 Å². The van der Waals surface area contributed by atoms with Crippen molar-refractivity contribution in [1.82, 2.24) is 5.32 Å². The van der Waals surface area contributed by atoms with E-state index in [1.54, 1.807) is 0 Å². The summed E-state index contributed by atoms with van der Waals surface area (Å²) < 4.78 is 51.0. The summed E-state index contributed by atoms with van der Waals surface area (Å²) >= 11 is 0. The lowest BCUT2D eigenvalue weighted by Gasteiger charge is -2.20. The average Bonchev–Trinajstić information content (AvgIpc) is 3.08. The van der Waals surface area contributed by atoms with Crippen molar-refractivity contribution in [3.63, 3.8) is 0 Å².